The van der Waals surface area contributed by atoms with E-state index in [4.69, 9.17) is 9.47 Å². The minimum absolute atomic E-state index is 0.180. The van der Waals surface area contributed by atoms with E-state index < -0.39 is 0 Å². The van der Waals surface area contributed by atoms with Crippen molar-refractivity contribution >= 4 is 22.5 Å². The summed E-state index contributed by atoms with van der Waals surface area (Å²) in [5.74, 6) is 1.57. The predicted octanol–water partition coefficient (Wildman–Crippen LogP) is 4.58. The molecule has 3 aromatic carbocycles. The molecule has 0 saturated heterocycles. The molecule has 170 valence electrons. The maximum Gasteiger partial charge on any atom is 0.277 e. The second-order valence-electron chi connectivity index (χ2n) is 7.68. The summed E-state index contributed by atoms with van der Waals surface area (Å²) in [4.78, 5) is 12.6. The Balaban J connectivity index is 1.19. The number of nitrogens with one attached hydrogen (secondary N) is 1. The third-order valence-corrected chi connectivity index (χ3v) is 5.39. The van der Waals surface area contributed by atoms with E-state index in [2.05, 4.69) is 39.8 Å². The molecule has 0 fully saturated rings. The molecule has 0 unspecified atom stereocenters. The van der Waals surface area contributed by atoms with Crippen molar-refractivity contribution in [3.63, 3.8) is 0 Å². The van der Waals surface area contributed by atoms with Crippen LogP contribution in [0.4, 0.5) is 5.82 Å². The highest BCUT2D eigenvalue weighted by molar-refractivity contribution is 6.02. The van der Waals surface area contributed by atoms with Crippen LogP contribution in [0.15, 0.2) is 91.3 Å². The van der Waals surface area contributed by atoms with Gasteiger partial charge in [-0.25, -0.2) is 4.68 Å². The summed E-state index contributed by atoms with van der Waals surface area (Å²) in [6.45, 7) is 0.786. The van der Waals surface area contributed by atoms with Gasteiger partial charge in [0.25, 0.3) is 5.91 Å². The van der Waals surface area contributed by atoms with Crippen LogP contribution in [0, 0.1) is 0 Å². The number of ether oxygens (including phenoxy) is 2. The van der Waals surface area contributed by atoms with Crippen molar-refractivity contribution in [2.24, 2.45) is 0 Å². The smallest absolute Gasteiger partial charge is 0.277 e. The third kappa shape index (κ3) is 4.75. The summed E-state index contributed by atoms with van der Waals surface area (Å²) < 4.78 is 14.2. The molecule has 5 aromatic rings. The van der Waals surface area contributed by atoms with Gasteiger partial charge in [0, 0.05) is 18.5 Å². The first kappa shape index (κ1) is 21.3. The number of hydrogen-bond donors (Lipinski definition) is 1. The Hall–Kier alpha value is -4.59. The van der Waals surface area contributed by atoms with Crippen molar-refractivity contribution < 1.29 is 14.3 Å². The van der Waals surface area contributed by atoms with Gasteiger partial charge in [0.05, 0.1) is 13.7 Å². The number of anilines is 1. The van der Waals surface area contributed by atoms with Crippen LogP contribution in [0.5, 0.6) is 11.5 Å². The Bertz CT molecular complexity index is 1420. The molecule has 0 saturated carbocycles. The third-order valence-electron chi connectivity index (χ3n) is 5.39. The highest BCUT2D eigenvalue weighted by atomic mass is 16.5. The molecule has 1 amide bonds. The van der Waals surface area contributed by atoms with Gasteiger partial charge in [-0.3, -0.25) is 9.48 Å². The second-order valence-corrected chi connectivity index (χ2v) is 7.68. The number of methoxy groups -OCH3 is 1. The van der Waals surface area contributed by atoms with E-state index >= 15 is 0 Å². The summed E-state index contributed by atoms with van der Waals surface area (Å²) in [6, 6.07) is 25.1. The number of carbonyl (C=O) groups is 1. The number of hydrogen-bond acceptors (Lipinski definition) is 5. The van der Waals surface area contributed by atoms with Crippen LogP contribution in [0.3, 0.4) is 0 Å². The molecule has 1 N–H and O–H groups in total. The van der Waals surface area contributed by atoms with Crippen molar-refractivity contribution in [2.75, 3.05) is 12.4 Å². The zero-order chi connectivity index (χ0) is 23.3. The molecular weight excluding hydrogens is 430 g/mol. The van der Waals surface area contributed by atoms with E-state index in [-0.39, 0.29) is 18.3 Å². The maximum absolute atomic E-state index is 12.6. The number of carbonyl (C=O) groups excluding carboxylic acids is 1. The van der Waals surface area contributed by atoms with Gasteiger partial charge in [0.1, 0.15) is 11.5 Å². The lowest BCUT2D eigenvalue weighted by atomic mass is 10.0. The van der Waals surface area contributed by atoms with E-state index in [9.17, 15) is 4.79 Å². The zero-order valence-corrected chi connectivity index (χ0v) is 18.6. The molecule has 8 heteroatoms. The van der Waals surface area contributed by atoms with Crippen molar-refractivity contribution in [1.82, 2.24) is 19.6 Å². The Labute approximate surface area is 196 Å². The second kappa shape index (κ2) is 9.50. The van der Waals surface area contributed by atoms with Crippen LogP contribution in [-0.4, -0.2) is 32.6 Å². The molecule has 0 aliphatic rings. The average molecular weight is 454 g/mol. The summed E-state index contributed by atoms with van der Waals surface area (Å²) in [6.07, 6.45) is 3.54. The predicted molar refractivity (Wildman–Crippen MR) is 129 cm³/mol. The van der Waals surface area contributed by atoms with Crippen molar-refractivity contribution in [3.8, 4) is 11.5 Å². The molecule has 0 bridgehead atoms. The first-order valence-corrected chi connectivity index (χ1v) is 10.8. The van der Waals surface area contributed by atoms with Crippen molar-refractivity contribution in [2.45, 2.75) is 13.3 Å². The van der Waals surface area contributed by atoms with Gasteiger partial charge in [-0.1, -0.05) is 42.5 Å². The van der Waals surface area contributed by atoms with Crippen LogP contribution < -0.4 is 14.8 Å². The van der Waals surface area contributed by atoms with E-state index in [0.717, 1.165) is 11.3 Å². The molecule has 0 aliphatic carbocycles. The largest absolute Gasteiger partial charge is 0.497 e. The number of amides is 1. The van der Waals surface area contributed by atoms with Gasteiger partial charge >= 0.3 is 0 Å². The summed E-state index contributed by atoms with van der Waals surface area (Å²) >= 11 is 0. The summed E-state index contributed by atoms with van der Waals surface area (Å²) in [5, 5.41) is 13.9. The SMILES string of the molecule is COc1ccc(OCn2ccc(C(=O)Nc3ccn(Cc4cccc5ccccc45)n3)n2)cc1. The molecule has 0 radical (unpaired) electrons. The molecular formula is C26H23N5O3. The Kier molecular flexibility index (Phi) is 5.94. The minimum Gasteiger partial charge on any atom is -0.497 e. The lowest BCUT2D eigenvalue weighted by molar-refractivity contribution is 0.101. The quantitative estimate of drug-likeness (QED) is 0.372. The van der Waals surface area contributed by atoms with Gasteiger partial charge < -0.3 is 14.8 Å². The molecule has 0 atom stereocenters. The normalized spacial score (nSPS) is 10.9. The topological polar surface area (TPSA) is 83.2 Å². The molecule has 2 heterocycles. The lowest BCUT2D eigenvalue weighted by Crippen LogP contribution is -2.15. The van der Waals surface area contributed by atoms with Crippen LogP contribution in [-0.2, 0) is 13.3 Å². The number of benzene rings is 3. The first-order valence-electron chi connectivity index (χ1n) is 10.8. The fraction of sp³-hybridized carbons (Fsp3) is 0.115. The lowest BCUT2D eigenvalue weighted by Gasteiger charge is -2.07. The van der Waals surface area contributed by atoms with Crippen LogP contribution in [0.25, 0.3) is 10.8 Å². The van der Waals surface area contributed by atoms with E-state index in [1.54, 1.807) is 34.8 Å². The van der Waals surface area contributed by atoms with Gasteiger partial charge in [0.2, 0.25) is 0 Å². The first-order chi connectivity index (χ1) is 16.7. The van der Waals surface area contributed by atoms with E-state index in [1.807, 2.05) is 48.7 Å². The number of nitrogens with zero attached hydrogens (tertiary/aromatic N) is 4. The molecule has 8 nitrogen and oxygen atoms in total. The molecule has 0 spiro atoms. The highest BCUT2D eigenvalue weighted by Gasteiger charge is 2.12. The van der Waals surface area contributed by atoms with Gasteiger partial charge in [-0.15, -0.1) is 0 Å². The standard InChI is InChI=1S/C26H23N5O3/c1-33-21-9-11-22(12-10-21)34-18-31-15-13-24(28-31)26(32)27-25-14-16-30(29-25)17-20-7-4-6-19-5-2-3-8-23(19)20/h2-16H,17-18H2,1H3,(H,27,29,32). The summed E-state index contributed by atoms with van der Waals surface area (Å²) in [7, 11) is 1.61. The van der Waals surface area contributed by atoms with Crippen molar-refractivity contribution in [1.29, 1.82) is 0 Å². The summed E-state index contributed by atoms with van der Waals surface area (Å²) in [5.41, 5.74) is 1.44. The average Bonchev–Trinajstić information content (AvgIpc) is 3.53. The van der Waals surface area contributed by atoms with Crippen LogP contribution in [0.2, 0.25) is 0 Å². The van der Waals surface area contributed by atoms with Crippen LogP contribution in [0.1, 0.15) is 16.1 Å². The maximum atomic E-state index is 12.6. The Morgan fingerprint density at radius 3 is 2.47 bits per heavy atom. The molecule has 34 heavy (non-hydrogen) atoms. The van der Waals surface area contributed by atoms with Gasteiger partial charge in [-0.05, 0) is 46.7 Å². The minimum atomic E-state index is -0.335. The van der Waals surface area contributed by atoms with Crippen LogP contribution >= 0.6 is 0 Å². The highest BCUT2D eigenvalue weighted by Crippen LogP contribution is 2.20. The molecule has 2 aromatic heterocycles. The number of rotatable bonds is 8. The fourth-order valence-corrected chi connectivity index (χ4v) is 3.67. The number of aromatic nitrogens is 4. The Morgan fingerprint density at radius 1 is 0.853 bits per heavy atom. The monoisotopic (exact) mass is 453 g/mol. The van der Waals surface area contributed by atoms with Crippen molar-refractivity contribution in [3.05, 3.63) is 103 Å². The number of fused-ring (bicyclic) bond motifs is 1. The van der Waals surface area contributed by atoms with E-state index in [1.165, 1.54) is 10.8 Å². The fourth-order valence-electron chi connectivity index (χ4n) is 3.67. The van der Waals surface area contributed by atoms with E-state index in [0.29, 0.717) is 18.1 Å². The molecule has 0 aliphatic heterocycles. The van der Waals surface area contributed by atoms with Gasteiger partial charge in [-0.2, -0.15) is 10.2 Å². The van der Waals surface area contributed by atoms with Gasteiger partial charge in [0.15, 0.2) is 18.2 Å². The zero-order valence-electron chi connectivity index (χ0n) is 18.6. The Morgan fingerprint density at radius 2 is 1.62 bits per heavy atom. The molecule has 5 rings (SSSR count).